The summed E-state index contributed by atoms with van der Waals surface area (Å²) in [5, 5.41) is 0. The number of methoxy groups -OCH3 is 2. The Hall–Kier alpha value is -2.32. The van der Waals surface area contributed by atoms with Crippen LogP contribution in [0.5, 0.6) is 0 Å². The average Bonchev–Trinajstić information content (AvgIpc) is 2.95. The van der Waals surface area contributed by atoms with Gasteiger partial charge in [0.2, 0.25) is 0 Å². The van der Waals surface area contributed by atoms with Crippen molar-refractivity contribution in [3.05, 3.63) is 35.4 Å². The Morgan fingerprint density at radius 1 is 1.23 bits per heavy atom. The number of hydrogen-bond acceptors (Lipinski definition) is 5. The summed E-state index contributed by atoms with van der Waals surface area (Å²) >= 11 is 0. The molecule has 1 fully saturated rings. The number of hydrogen-bond donors (Lipinski definition) is 0. The molecule has 0 saturated carbocycles. The molecule has 5 heteroatoms. The van der Waals surface area contributed by atoms with E-state index in [1.54, 1.807) is 12.1 Å². The minimum absolute atomic E-state index is 0.0292. The standard InChI is InChI=1S/C17H18O5/c1-5-13-10-17(15(18)20-3,16(19)21-4)14(22-13)12-8-6-11(2)7-9-12/h1,6-9,13-14H,10H2,2-4H3/t13-,14-/m0/s1. The maximum atomic E-state index is 12.4. The van der Waals surface area contributed by atoms with E-state index in [1.165, 1.54) is 14.2 Å². The fourth-order valence-corrected chi connectivity index (χ4v) is 2.76. The van der Waals surface area contributed by atoms with E-state index in [0.29, 0.717) is 5.56 Å². The molecule has 1 aliphatic heterocycles. The quantitative estimate of drug-likeness (QED) is 0.484. The lowest BCUT2D eigenvalue weighted by Gasteiger charge is -2.28. The number of aryl methyl sites for hydroxylation is 1. The third-order valence-corrected chi connectivity index (χ3v) is 3.92. The van der Waals surface area contributed by atoms with Crippen molar-refractivity contribution in [1.29, 1.82) is 0 Å². The largest absolute Gasteiger partial charge is 0.468 e. The number of rotatable bonds is 3. The van der Waals surface area contributed by atoms with Crippen LogP contribution in [-0.2, 0) is 23.8 Å². The maximum Gasteiger partial charge on any atom is 0.326 e. The van der Waals surface area contributed by atoms with Crippen LogP contribution >= 0.6 is 0 Å². The molecule has 0 aliphatic carbocycles. The van der Waals surface area contributed by atoms with Gasteiger partial charge in [-0.25, -0.2) is 0 Å². The van der Waals surface area contributed by atoms with E-state index >= 15 is 0 Å². The highest BCUT2D eigenvalue weighted by molar-refractivity contribution is 6.01. The highest BCUT2D eigenvalue weighted by Crippen LogP contribution is 2.49. The molecule has 1 aromatic rings. The number of esters is 2. The van der Waals surface area contributed by atoms with Gasteiger partial charge in [-0.15, -0.1) is 6.42 Å². The molecule has 0 aromatic heterocycles. The maximum absolute atomic E-state index is 12.4. The zero-order chi connectivity index (χ0) is 16.3. The van der Waals surface area contributed by atoms with Gasteiger partial charge in [-0.3, -0.25) is 9.59 Å². The molecule has 0 N–H and O–H groups in total. The summed E-state index contributed by atoms with van der Waals surface area (Å²) in [5.41, 5.74) is 0.145. The fourth-order valence-electron chi connectivity index (χ4n) is 2.76. The molecule has 5 nitrogen and oxygen atoms in total. The molecule has 0 radical (unpaired) electrons. The van der Waals surface area contributed by atoms with Crippen LogP contribution in [0.15, 0.2) is 24.3 Å². The molecule has 0 amide bonds. The van der Waals surface area contributed by atoms with Gasteiger partial charge in [0.1, 0.15) is 12.2 Å². The van der Waals surface area contributed by atoms with E-state index < -0.39 is 29.6 Å². The zero-order valence-electron chi connectivity index (χ0n) is 12.8. The lowest BCUT2D eigenvalue weighted by molar-refractivity contribution is -0.173. The number of terminal acetylenes is 1. The smallest absolute Gasteiger partial charge is 0.326 e. The summed E-state index contributed by atoms with van der Waals surface area (Å²) in [6, 6.07) is 7.36. The predicted octanol–water partition coefficient (Wildman–Crippen LogP) is 1.79. The van der Waals surface area contributed by atoms with E-state index in [0.717, 1.165) is 5.56 Å². The Labute approximate surface area is 129 Å². The van der Waals surface area contributed by atoms with Gasteiger partial charge in [0.25, 0.3) is 0 Å². The van der Waals surface area contributed by atoms with Gasteiger partial charge in [-0.1, -0.05) is 35.7 Å². The molecule has 2 atom stereocenters. The number of carbonyl (C=O) groups excluding carboxylic acids is 2. The van der Waals surface area contributed by atoms with Crippen LogP contribution in [0.25, 0.3) is 0 Å². The van der Waals surface area contributed by atoms with Crippen LogP contribution in [0, 0.1) is 24.7 Å². The Morgan fingerprint density at radius 3 is 2.23 bits per heavy atom. The summed E-state index contributed by atoms with van der Waals surface area (Å²) in [7, 11) is 2.45. The molecule has 0 unspecified atom stereocenters. The number of ether oxygens (including phenoxy) is 3. The van der Waals surface area contributed by atoms with Gasteiger partial charge in [0.05, 0.1) is 14.2 Å². The molecular formula is C17H18O5. The Bertz CT molecular complexity index is 595. The molecule has 1 aliphatic rings. The third kappa shape index (κ3) is 2.46. The van der Waals surface area contributed by atoms with Crippen molar-refractivity contribution >= 4 is 11.9 Å². The van der Waals surface area contributed by atoms with Gasteiger partial charge in [-0.05, 0) is 12.5 Å². The van der Waals surface area contributed by atoms with Gasteiger partial charge >= 0.3 is 11.9 Å². The second kappa shape index (κ2) is 6.20. The second-order valence-corrected chi connectivity index (χ2v) is 5.24. The third-order valence-electron chi connectivity index (χ3n) is 3.92. The van der Waals surface area contributed by atoms with Gasteiger partial charge < -0.3 is 14.2 Å². The summed E-state index contributed by atoms with van der Waals surface area (Å²) in [4.78, 5) is 24.8. The fraction of sp³-hybridized carbons (Fsp3) is 0.412. The first-order valence-corrected chi connectivity index (χ1v) is 6.84. The molecular weight excluding hydrogens is 284 g/mol. The lowest BCUT2D eigenvalue weighted by Crippen LogP contribution is -2.43. The van der Waals surface area contributed by atoms with Crippen molar-refractivity contribution in [1.82, 2.24) is 0 Å². The molecule has 116 valence electrons. The summed E-state index contributed by atoms with van der Waals surface area (Å²) in [6.07, 6.45) is 3.95. The average molecular weight is 302 g/mol. The molecule has 1 aromatic carbocycles. The first kappa shape index (κ1) is 16.1. The van der Waals surface area contributed by atoms with Gasteiger partial charge in [0, 0.05) is 6.42 Å². The number of benzene rings is 1. The van der Waals surface area contributed by atoms with Crippen LogP contribution in [-0.4, -0.2) is 32.3 Å². The Kier molecular flexibility index (Phi) is 4.53. The minimum Gasteiger partial charge on any atom is -0.468 e. The first-order chi connectivity index (χ1) is 10.5. The molecule has 2 rings (SSSR count). The van der Waals surface area contributed by atoms with E-state index in [2.05, 4.69) is 5.92 Å². The van der Waals surface area contributed by atoms with Crippen LogP contribution in [0.4, 0.5) is 0 Å². The van der Waals surface area contributed by atoms with Crippen LogP contribution in [0.3, 0.4) is 0 Å². The van der Waals surface area contributed by atoms with Crippen LogP contribution < -0.4 is 0 Å². The van der Waals surface area contributed by atoms with E-state index in [9.17, 15) is 9.59 Å². The second-order valence-electron chi connectivity index (χ2n) is 5.24. The highest BCUT2D eigenvalue weighted by Gasteiger charge is 2.61. The first-order valence-electron chi connectivity index (χ1n) is 6.84. The van der Waals surface area contributed by atoms with Crippen molar-refractivity contribution in [3.63, 3.8) is 0 Å². The highest BCUT2D eigenvalue weighted by atomic mass is 16.6. The van der Waals surface area contributed by atoms with Crippen molar-refractivity contribution in [2.45, 2.75) is 25.6 Å². The summed E-state index contributed by atoms with van der Waals surface area (Å²) in [6.45, 7) is 1.94. The van der Waals surface area contributed by atoms with E-state index in [4.69, 9.17) is 20.6 Å². The molecule has 0 bridgehead atoms. The Morgan fingerprint density at radius 2 is 1.77 bits per heavy atom. The van der Waals surface area contributed by atoms with Gasteiger partial charge in [0.15, 0.2) is 5.41 Å². The van der Waals surface area contributed by atoms with Crippen molar-refractivity contribution in [3.8, 4) is 12.3 Å². The van der Waals surface area contributed by atoms with Crippen LogP contribution in [0.1, 0.15) is 23.7 Å². The minimum atomic E-state index is -1.59. The SMILES string of the molecule is C#C[C@H]1CC(C(=O)OC)(C(=O)OC)[C@H](c2ccc(C)cc2)O1. The molecule has 1 heterocycles. The van der Waals surface area contributed by atoms with Crippen LogP contribution in [0.2, 0.25) is 0 Å². The molecule has 1 saturated heterocycles. The normalized spacial score (nSPS) is 22.6. The van der Waals surface area contributed by atoms with Gasteiger partial charge in [-0.2, -0.15) is 0 Å². The van der Waals surface area contributed by atoms with E-state index in [1.807, 2.05) is 19.1 Å². The zero-order valence-corrected chi connectivity index (χ0v) is 12.8. The van der Waals surface area contributed by atoms with Crippen molar-refractivity contribution in [2.24, 2.45) is 5.41 Å². The van der Waals surface area contributed by atoms with E-state index in [-0.39, 0.29) is 6.42 Å². The summed E-state index contributed by atoms with van der Waals surface area (Å²) in [5.74, 6) is 1.04. The molecule has 0 spiro atoms. The number of carbonyl (C=O) groups is 2. The lowest BCUT2D eigenvalue weighted by atomic mass is 9.77. The summed E-state index contributed by atoms with van der Waals surface area (Å²) < 4.78 is 15.4. The topological polar surface area (TPSA) is 61.8 Å². The Balaban J connectivity index is 2.56. The van der Waals surface area contributed by atoms with Crippen molar-refractivity contribution < 1.29 is 23.8 Å². The van der Waals surface area contributed by atoms with Crippen molar-refractivity contribution in [2.75, 3.05) is 14.2 Å². The monoisotopic (exact) mass is 302 g/mol. The predicted molar refractivity (Wildman–Crippen MR) is 78.7 cm³/mol. The molecule has 22 heavy (non-hydrogen) atoms.